The highest BCUT2D eigenvalue weighted by molar-refractivity contribution is 5.33. The van der Waals surface area contributed by atoms with Crippen LogP contribution in [0.4, 0.5) is 0 Å². The quantitative estimate of drug-likeness (QED) is 0.440. The largest absolute Gasteiger partial charge is 0.235 e. The molecule has 2 heteroatoms. The van der Waals surface area contributed by atoms with Crippen molar-refractivity contribution >= 4 is 6.08 Å². The number of hydrogen-bond acceptors (Lipinski definition) is 2. The van der Waals surface area contributed by atoms with Gasteiger partial charge in [0.25, 0.3) is 0 Å². The van der Waals surface area contributed by atoms with E-state index in [0.717, 1.165) is 5.56 Å². The molecule has 10 heavy (non-hydrogen) atoms. The fraction of sp³-hybridized carbons (Fsp3) is 0.125. The van der Waals surface area contributed by atoms with Crippen LogP contribution < -0.4 is 0 Å². The van der Waals surface area contributed by atoms with Crippen molar-refractivity contribution in [3.8, 4) is 0 Å². The van der Waals surface area contributed by atoms with Crippen LogP contribution in [-0.4, -0.2) is 6.08 Å². The van der Waals surface area contributed by atoms with E-state index in [-0.39, 0.29) is 0 Å². The van der Waals surface area contributed by atoms with Gasteiger partial charge in [-0.1, -0.05) is 18.2 Å². The summed E-state index contributed by atoms with van der Waals surface area (Å²) in [7, 11) is 0. The summed E-state index contributed by atoms with van der Waals surface area (Å²) in [6.45, 7) is 0.404. The number of isocyanates is 1. The molecule has 0 aliphatic carbocycles. The molecule has 0 heterocycles. The van der Waals surface area contributed by atoms with Gasteiger partial charge in [-0.3, -0.25) is 0 Å². The maximum Gasteiger partial charge on any atom is 0.235 e. The molecule has 0 unspecified atom stereocenters. The molecule has 0 amide bonds. The smallest absolute Gasteiger partial charge is 0.211 e. The zero-order valence-corrected chi connectivity index (χ0v) is 5.37. The Labute approximate surface area is 59.2 Å². The Balaban J connectivity index is 2.67. The number of benzene rings is 1. The normalized spacial score (nSPS) is 8.40. The van der Waals surface area contributed by atoms with Crippen molar-refractivity contribution in [1.29, 1.82) is 0 Å². The van der Waals surface area contributed by atoms with Crippen molar-refractivity contribution in [2.24, 2.45) is 4.99 Å². The van der Waals surface area contributed by atoms with Crippen LogP contribution >= 0.6 is 0 Å². The lowest BCUT2D eigenvalue weighted by molar-refractivity contribution is 0.563. The van der Waals surface area contributed by atoms with Crippen molar-refractivity contribution in [2.45, 2.75) is 6.54 Å². The number of carbonyl (C=O) groups excluding carboxylic acids is 1. The lowest BCUT2D eigenvalue weighted by Gasteiger charge is -1.89. The van der Waals surface area contributed by atoms with Gasteiger partial charge in [-0.05, 0) is 17.7 Å². The molecule has 1 rings (SSSR count). The third kappa shape index (κ3) is 1.84. The van der Waals surface area contributed by atoms with Crippen molar-refractivity contribution in [1.82, 2.24) is 0 Å². The van der Waals surface area contributed by atoms with Crippen molar-refractivity contribution in [2.75, 3.05) is 0 Å². The van der Waals surface area contributed by atoms with Gasteiger partial charge in [0.1, 0.15) is 0 Å². The first-order valence-corrected chi connectivity index (χ1v) is 2.92. The SMILES string of the molecule is O=C=NCc1c[c]ccc1. The molecule has 0 aromatic heterocycles. The maximum absolute atomic E-state index is 9.68. The Morgan fingerprint density at radius 2 is 2.60 bits per heavy atom. The van der Waals surface area contributed by atoms with E-state index in [0.29, 0.717) is 6.54 Å². The van der Waals surface area contributed by atoms with Crippen molar-refractivity contribution in [3.05, 3.63) is 35.9 Å². The van der Waals surface area contributed by atoms with E-state index < -0.39 is 0 Å². The molecule has 0 spiro atoms. The Morgan fingerprint density at radius 1 is 1.70 bits per heavy atom. The Morgan fingerprint density at radius 3 is 3.20 bits per heavy atom. The van der Waals surface area contributed by atoms with Crippen LogP contribution in [-0.2, 0) is 11.3 Å². The van der Waals surface area contributed by atoms with Gasteiger partial charge in [0.15, 0.2) is 0 Å². The molecule has 0 bridgehead atoms. The molecule has 49 valence electrons. The molecule has 0 saturated carbocycles. The molecule has 0 N–H and O–H groups in total. The molecule has 1 aromatic rings. The Bertz CT molecular complexity index is 237. The molecular weight excluding hydrogens is 126 g/mol. The molecule has 1 radical (unpaired) electrons. The zero-order valence-electron chi connectivity index (χ0n) is 5.37. The average molecular weight is 132 g/mol. The molecule has 0 fully saturated rings. The summed E-state index contributed by atoms with van der Waals surface area (Å²) in [4.78, 5) is 13.1. The van der Waals surface area contributed by atoms with Gasteiger partial charge in [-0.15, -0.1) is 0 Å². The van der Waals surface area contributed by atoms with Crippen LogP contribution in [0.15, 0.2) is 29.3 Å². The summed E-state index contributed by atoms with van der Waals surface area (Å²) in [6.07, 6.45) is 1.48. The second kappa shape index (κ2) is 3.59. The standard InChI is InChI=1S/C8H6NO/c10-7-9-6-8-4-2-1-3-5-8/h1-2,4-5H,6H2. The maximum atomic E-state index is 9.68. The second-order valence-electron chi connectivity index (χ2n) is 1.82. The van der Waals surface area contributed by atoms with E-state index in [1.165, 1.54) is 6.08 Å². The van der Waals surface area contributed by atoms with E-state index >= 15 is 0 Å². The molecule has 0 aliphatic rings. The van der Waals surface area contributed by atoms with E-state index in [2.05, 4.69) is 11.1 Å². The lowest BCUT2D eigenvalue weighted by atomic mass is 10.2. The van der Waals surface area contributed by atoms with Gasteiger partial charge < -0.3 is 0 Å². The van der Waals surface area contributed by atoms with Gasteiger partial charge in [-0.2, -0.15) is 0 Å². The van der Waals surface area contributed by atoms with Crippen LogP contribution in [0.5, 0.6) is 0 Å². The molecule has 1 aromatic carbocycles. The summed E-state index contributed by atoms with van der Waals surface area (Å²) in [5.41, 5.74) is 0.978. The summed E-state index contributed by atoms with van der Waals surface area (Å²) >= 11 is 0. The fourth-order valence-electron chi connectivity index (χ4n) is 0.652. The molecule has 2 nitrogen and oxygen atoms in total. The number of aliphatic imine (C=N–C) groups is 1. The van der Waals surface area contributed by atoms with Gasteiger partial charge in [-0.25, -0.2) is 9.79 Å². The minimum Gasteiger partial charge on any atom is -0.211 e. The average Bonchev–Trinajstić information content (AvgIpc) is 2.03. The molecule has 0 aliphatic heterocycles. The van der Waals surface area contributed by atoms with E-state index in [1.807, 2.05) is 12.1 Å². The summed E-state index contributed by atoms with van der Waals surface area (Å²) in [6, 6.07) is 10.2. The molecular formula is C8H6NO. The monoisotopic (exact) mass is 132 g/mol. The van der Waals surface area contributed by atoms with Gasteiger partial charge in [0.05, 0.1) is 6.54 Å². The molecule has 0 atom stereocenters. The van der Waals surface area contributed by atoms with E-state index in [1.54, 1.807) is 12.1 Å². The van der Waals surface area contributed by atoms with Crippen molar-refractivity contribution < 1.29 is 4.79 Å². The highest BCUT2D eigenvalue weighted by Crippen LogP contribution is 1.97. The third-order valence-corrected chi connectivity index (χ3v) is 1.10. The Hall–Kier alpha value is -1.40. The predicted molar refractivity (Wildman–Crippen MR) is 37.1 cm³/mol. The third-order valence-electron chi connectivity index (χ3n) is 1.10. The first kappa shape index (κ1) is 6.72. The van der Waals surface area contributed by atoms with Crippen LogP contribution in [0.3, 0.4) is 0 Å². The summed E-state index contributed by atoms with van der Waals surface area (Å²) in [5, 5.41) is 0. The van der Waals surface area contributed by atoms with Gasteiger partial charge >= 0.3 is 0 Å². The predicted octanol–water partition coefficient (Wildman–Crippen LogP) is 1.32. The summed E-state index contributed by atoms with van der Waals surface area (Å²) < 4.78 is 0. The van der Waals surface area contributed by atoms with E-state index in [4.69, 9.17) is 0 Å². The van der Waals surface area contributed by atoms with Crippen LogP contribution in [0.25, 0.3) is 0 Å². The van der Waals surface area contributed by atoms with Crippen LogP contribution in [0.2, 0.25) is 0 Å². The topological polar surface area (TPSA) is 29.4 Å². The van der Waals surface area contributed by atoms with E-state index in [9.17, 15) is 4.79 Å². The van der Waals surface area contributed by atoms with Gasteiger partial charge in [0, 0.05) is 0 Å². The highest BCUT2D eigenvalue weighted by Gasteiger charge is 1.84. The highest BCUT2D eigenvalue weighted by atomic mass is 16.1. The fourth-order valence-corrected chi connectivity index (χ4v) is 0.652. The second-order valence-corrected chi connectivity index (χ2v) is 1.82. The summed E-state index contributed by atoms with van der Waals surface area (Å²) in [5.74, 6) is 0. The van der Waals surface area contributed by atoms with Crippen molar-refractivity contribution in [3.63, 3.8) is 0 Å². The lowest BCUT2D eigenvalue weighted by Crippen LogP contribution is -1.77. The first-order chi connectivity index (χ1) is 4.93. The Kier molecular flexibility index (Phi) is 2.41. The van der Waals surface area contributed by atoms with Gasteiger partial charge in [0.2, 0.25) is 6.08 Å². The first-order valence-electron chi connectivity index (χ1n) is 2.92. The number of hydrogen-bond donors (Lipinski definition) is 0. The number of rotatable bonds is 2. The molecule has 0 saturated heterocycles. The van der Waals surface area contributed by atoms with Crippen LogP contribution in [0, 0.1) is 6.07 Å². The number of nitrogens with zero attached hydrogens (tertiary/aromatic N) is 1. The van der Waals surface area contributed by atoms with Crippen LogP contribution in [0.1, 0.15) is 5.56 Å². The minimum atomic E-state index is 0.404. The minimum absolute atomic E-state index is 0.404. The zero-order chi connectivity index (χ0) is 7.23.